The Bertz CT molecular complexity index is 414. The highest BCUT2D eigenvalue weighted by atomic mass is 79.9. The second kappa shape index (κ2) is 6.02. The summed E-state index contributed by atoms with van der Waals surface area (Å²) in [4.78, 5) is 4.36. The molecular formula is C14H19Br2NO. The molecule has 1 aromatic rings. The van der Waals surface area contributed by atoms with Crippen LogP contribution in [-0.4, -0.2) is 10.1 Å². The molecule has 0 bridgehead atoms. The van der Waals surface area contributed by atoms with Crippen LogP contribution in [-0.2, 0) is 0 Å². The van der Waals surface area contributed by atoms with Crippen LogP contribution in [0.25, 0.3) is 0 Å². The van der Waals surface area contributed by atoms with Crippen LogP contribution in [0.3, 0.4) is 0 Å². The third kappa shape index (κ3) is 3.34. The Balaban J connectivity index is 2.17. The summed E-state index contributed by atoms with van der Waals surface area (Å²) in [5, 5.41) is 10.5. The molecule has 0 radical (unpaired) electrons. The largest absolute Gasteiger partial charge is 0.386 e. The van der Waals surface area contributed by atoms with E-state index in [2.05, 4.69) is 50.7 Å². The Hall–Kier alpha value is 0.0700. The molecule has 0 saturated heterocycles. The van der Waals surface area contributed by atoms with Gasteiger partial charge >= 0.3 is 0 Å². The van der Waals surface area contributed by atoms with E-state index in [0.717, 1.165) is 27.5 Å². The molecule has 3 atom stereocenters. The van der Waals surface area contributed by atoms with Crippen molar-refractivity contribution in [1.29, 1.82) is 0 Å². The van der Waals surface area contributed by atoms with Gasteiger partial charge in [0.05, 0.1) is 11.8 Å². The maximum absolute atomic E-state index is 10.5. The van der Waals surface area contributed by atoms with Crippen molar-refractivity contribution < 1.29 is 5.11 Å². The zero-order valence-electron chi connectivity index (χ0n) is 10.7. The first-order valence-electron chi connectivity index (χ1n) is 6.46. The zero-order chi connectivity index (χ0) is 13.3. The van der Waals surface area contributed by atoms with Gasteiger partial charge in [0.2, 0.25) is 0 Å². The molecule has 1 aromatic heterocycles. The Labute approximate surface area is 125 Å². The van der Waals surface area contributed by atoms with Gasteiger partial charge in [-0.25, -0.2) is 0 Å². The molecule has 18 heavy (non-hydrogen) atoms. The van der Waals surface area contributed by atoms with E-state index >= 15 is 0 Å². The van der Waals surface area contributed by atoms with Crippen LogP contribution in [0.1, 0.15) is 44.9 Å². The Morgan fingerprint density at radius 3 is 2.39 bits per heavy atom. The fourth-order valence-corrected chi connectivity index (χ4v) is 4.36. The summed E-state index contributed by atoms with van der Waals surface area (Å²) in [5.41, 5.74) is 0.768. The second-order valence-electron chi connectivity index (χ2n) is 5.64. The minimum absolute atomic E-state index is 0.328. The second-order valence-corrected chi connectivity index (χ2v) is 7.41. The van der Waals surface area contributed by atoms with Gasteiger partial charge < -0.3 is 5.11 Å². The summed E-state index contributed by atoms with van der Waals surface area (Å²) in [6.07, 6.45) is 4.75. The van der Waals surface area contributed by atoms with Crippen LogP contribution in [0.2, 0.25) is 0 Å². The first-order valence-corrected chi connectivity index (χ1v) is 8.05. The van der Waals surface area contributed by atoms with Crippen LogP contribution < -0.4 is 0 Å². The van der Waals surface area contributed by atoms with Gasteiger partial charge in [-0.05, 0) is 74.9 Å². The summed E-state index contributed by atoms with van der Waals surface area (Å²) in [6.45, 7) is 4.55. The lowest BCUT2D eigenvalue weighted by molar-refractivity contribution is 0.0516. The van der Waals surface area contributed by atoms with Gasteiger partial charge in [0.25, 0.3) is 0 Å². The topological polar surface area (TPSA) is 33.1 Å². The van der Waals surface area contributed by atoms with Crippen molar-refractivity contribution in [3.63, 3.8) is 0 Å². The lowest BCUT2D eigenvalue weighted by Crippen LogP contribution is -2.25. The maximum atomic E-state index is 10.5. The molecule has 0 aliphatic heterocycles. The molecule has 3 unspecified atom stereocenters. The molecule has 2 rings (SSSR count). The van der Waals surface area contributed by atoms with Crippen LogP contribution in [0, 0.1) is 17.8 Å². The standard InChI is InChI=1S/C14H19Br2NO/c1-8-3-9(2)5-10(4-8)14(18)13-12(16)6-11(15)7-17-13/h6-10,14,18H,3-5H2,1-2H3. The molecule has 1 aliphatic rings. The molecule has 0 spiro atoms. The van der Waals surface area contributed by atoms with Gasteiger partial charge in [-0.1, -0.05) is 13.8 Å². The highest BCUT2D eigenvalue weighted by Crippen LogP contribution is 2.40. The molecule has 1 heterocycles. The highest BCUT2D eigenvalue weighted by Gasteiger charge is 2.31. The fraction of sp³-hybridized carbons (Fsp3) is 0.643. The minimum atomic E-state index is -0.460. The van der Waals surface area contributed by atoms with E-state index in [-0.39, 0.29) is 0 Å². The van der Waals surface area contributed by atoms with Gasteiger partial charge in [0.1, 0.15) is 0 Å². The van der Waals surface area contributed by atoms with Crippen molar-refractivity contribution in [3.05, 3.63) is 26.9 Å². The maximum Gasteiger partial charge on any atom is 0.0999 e. The number of pyridine rings is 1. The molecule has 4 heteroatoms. The van der Waals surface area contributed by atoms with Crippen LogP contribution in [0.15, 0.2) is 21.2 Å². The average Bonchev–Trinajstić information content (AvgIpc) is 2.26. The van der Waals surface area contributed by atoms with Crippen molar-refractivity contribution in [2.24, 2.45) is 17.8 Å². The third-order valence-electron chi connectivity index (χ3n) is 3.78. The molecule has 1 fully saturated rings. The SMILES string of the molecule is CC1CC(C)CC(C(O)c2ncc(Br)cc2Br)C1. The molecular weight excluding hydrogens is 358 g/mol. The first kappa shape index (κ1) is 14.5. The smallest absolute Gasteiger partial charge is 0.0999 e. The normalized spacial score (nSPS) is 30.2. The first-order chi connectivity index (χ1) is 8.47. The zero-order valence-corrected chi connectivity index (χ0v) is 13.9. The summed E-state index contributed by atoms with van der Waals surface area (Å²) in [7, 11) is 0. The average molecular weight is 377 g/mol. The summed E-state index contributed by atoms with van der Waals surface area (Å²) >= 11 is 6.88. The molecule has 1 saturated carbocycles. The van der Waals surface area contributed by atoms with Gasteiger partial charge in [-0.3, -0.25) is 4.98 Å². The number of halogens is 2. The van der Waals surface area contributed by atoms with Crippen molar-refractivity contribution in [2.45, 2.75) is 39.2 Å². The summed E-state index contributed by atoms with van der Waals surface area (Å²) in [6, 6.07) is 1.95. The molecule has 1 aliphatic carbocycles. The van der Waals surface area contributed by atoms with E-state index < -0.39 is 6.10 Å². The minimum Gasteiger partial charge on any atom is -0.386 e. The van der Waals surface area contributed by atoms with E-state index in [4.69, 9.17) is 0 Å². The Morgan fingerprint density at radius 1 is 1.22 bits per heavy atom. The number of aliphatic hydroxyl groups is 1. The number of hydrogen-bond donors (Lipinski definition) is 1. The number of rotatable bonds is 2. The Kier molecular flexibility index (Phi) is 4.84. The number of aromatic nitrogens is 1. The summed E-state index contributed by atoms with van der Waals surface area (Å²) in [5.74, 6) is 1.72. The van der Waals surface area contributed by atoms with Crippen LogP contribution >= 0.6 is 31.9 Å². The molecule has 2 nitrogen and oxygen atoms in total. The fourth-order valence-electron chi connectivity index (χ4n) is 3.13. The van der Waals surface area contributed by atoms with E-state index in [1.807, 2.05) is 6.07 Å². The van der Waals surface area contributed by atoms with Crippen LogP contribution in [0.5, 0.6) is 0 Å². The number of aliphatic hydroxyl groups excluding tert-OH is 1. The van der Waals surface area contributed by atoms with Crippen molar-refractivity contribution >= 4 is 31.9 Å². The van der Waals surface area contributed by atoms with E-state index in [1.54, 1.807) is 6.20 Å². The molecule has 0 amide bonds. The Morgan fingerprint density at radius 2 is 1.83 bits per heavy atom. The predicted molar refractivity (Wildman–Crippen MR) is 80.3 cm³/mol. The van der Waals surface area contributed by atoms with Gasteiger partial charge in [-0.15, -0.1) is 0 Å². The number of nitrogens with zero attached hydrogens (tertiary/aromatic N) is 1. The third-order valence-corrected chi connectivity index (χ3v) is 4.85. The van der Waals surface area contributed by atoms with Crippen molar-refractivity contribution in [2.75, 3.05) is 0 Å². The van der Waals surface area contributed by atoms with Crippen molar-refractivity contribution in [3.8, 4) is 0 Å². The van der Waals surface area contributed by atoms with Crippen molar-refractivity contribution in [1.82, 2.24) is 4.98 Å². The molecule has 0 aromatic carbocycles. The van der Waals surface area contributed by atoms with Gasteiger partial charge in [0.15, 0.2) is 0 Å². The van der Waals surface area contributed by atoms with Gasteiger partial charge in [0, 0.05) is 15.1 Å². The highest BCUT2D eigenvalue weighted by molar-refractivity contribution is 9.11. The molecule has 1 N–H and O–H groups in total. The monoisotopic (exact) mass is 375 g/mol. The van der Waals surface area contributed by atoms with Gasteiger partial charge in [-0.2, -0.15) is 0 Å². The molecule has 100 valence electrons. The lowest BCUT2D eigenvalue weighted by Gasteiger charge is -2.34. The van der Waals surface area contributed by atoms with Crippen LogP contribution in [0.4, 0.5) is 0 Å². The van der Waals surface area contributed by atoms with E-state index in [9.17, 15) is 5.11 Å². The lowest BCUT2D eigenvalue weighted by atomic mass is 9.74. The quantitative estimate of drug-likeness (QED) is 0.810. The van der Waals surface area contributed by atoms with E-state index in [0.29, 0.717) is 17.8 Å². The number of hydrogen-bond acceptors (Lipinski definition) is 2. The van der Waals surface area contributed by atoms with E-state index in [1.165, 1.54) is 6.42 Å². The summed E-state index contributed by atoms with van der Waals surface area (Å²) < 4.78 is 1.81. The predicted octanol–water partition coefficient (Wildman–Crippen LogP) is 4.71.